The Morgan fingerprint density at radius 2 is 1.53 bits per heavy atom. The summed E-state index contributed by atoms with van der Waals surface area (Å²) in [5.74, 6) is 0. The van der Waals surface area contributed by atoms with Gasteiger partial charge in [-0.2, -0.15) is 10.5 Å². The van der Waals surface area contributed by atoms with Gasteiger partial charge < -0.3 is 0 Å². The molecule has 0 nitrogen and oxygen atoms in total. The van der Waals surface area contributed by atoms with E-state index in [1.807, 2.05) is 18.2 Å². The van der Waals surface area contributed by atoms with Crippen molar-refractivity contribution >= 4 is 32.4 Å². The normalized spacial score (nSPS) is 16.9. The standard InChI is InChI=1S/C13H12S2/c1-15(12-5-3-2-4-6-12)13-9-7-11(14)8-10-13/h2-10H,1H3. The summed E-state index contributed by atoms with van der Waals surface area (Å²) in [6.45, 7) is 0. The molecule has 1 aliphatic carbocycles. The summed E-state index contributed by atoms with van der Waals surface area (Å²) in [5, 5.41) is 0. The summed E-state index contributed by atoms with van der Waals surface area (Å²) in [4.78, 5) is 3.62. The first-order chi connectivity index (χ1) is 7.27. The molecule has 0 N–H and O–H groups in total. The van der Waals surface area contributed by atoms with E-state index < -0.39 is 0 Å². The lowest BCUT2D eigenvalue weighted by atomic mass is 10.2. The Morgan fingerprint density at radius 3 is 2.13 bits per heavy atom. The van der Waals surface area contributed by atoms with E-state index in [2.05, 4.69) is 42.7 Å². The molecule has 1 aromatic rings. The Hall–Kier alpha value is -0.990. The van der Waals surface area contributed by atoms with Gasteiger partial charge in [-0.15, -0.1) is 0 Å². The van der Waals surface area contributed by atoms with Crippen molar-refractivity contribution in [2.24, 2.45) is 0 Å². The van der Waals surface area contributed by atoms with Crippen molar-refractivity contribution in [1.29, 1.82) is 0 Å². The molecule has 0 aliphatic heterocycles. The average molecular weight is 232 g/mol. The molecule has 0 heterocycles. The molecule has 1 atom stereocenters. The predicted octanol–water partition coefficient (Wildman–Crippen LogP) is 3.61. The highest BCUT2D eigenvalue weighted by molar-refractivity contribution is 8.15. The maximum Gasteiger partial charge on any atom is 0.0377 e. The highest BCUT2D eigenvalue weighted by Crippen LogP contribution is 2.25. The first kappa shape index (κ1) is 10.5. The maximum atomic E-state index is 5.08. The summed E-state index contributed by atoms with van der Waals surface area (Å²) in [5.41, 5.74) is 0. The van der Waals surface area contributed by atoms with Crippen LogP contribution in [0.15, 0.2) is 59.5 Å². The topological polar surface area (TPSA) is 0 Å². The number of rotatable bonds is 1. The second-order valence-electron chi connectivity index (χ2n) is 3.29. The van der Waals surface area contributed by atoms with Gasteiger partial charge in [-0.25, -0.2) is 0 Å². The Balaban J connectivity index is 2.39. The van der Waals surface area contributed by atoms with Crippen LogP contribution in [0.3, 0.4) is 0 Å². The molecule has 76 valence electrons. The molecule has 2 rings (SSSR count). The van der Waals surface area contributed by atoms with Gasteiger partial charge in [-0.1, -0.05) is 30.4 Å². The van der Waals surface area contributed by atoms with Crippen LogP contribution in [0.1, 0.15) is 0 Å². The van der Waals surface area contributed by atoms with E-state index in [1.165, 1.54) is 9.76 Å². The highest BCUT2D eigenvalue weighted by atomic mass is 32.2. The molecule has 0 spiro atoms. The van der Waals surface area contributed by atoms with Gasteiger partial charge >= 0.3 is 0 Å². The van der Waals surface area contributed by atoms with Crippen LogP contribution in [0.2, 0.25) is 0 Å². The summed E-state index contributed by atoms with van der Waals surface area (Å²) in [6, 6.07) is 10.6. The van der Waals surface area contributed by atoms with Gasteiger partial charge in [0.1, 0.15) is 0 Å². The maximum absolute atomic E-state index is 5.08. The zero-order chi connectivity index (χ0) is 10.7. The quantitative estimate of drug-likeness (QED) is 0.667. The summed E-state index contributed by atoms with van der Waals surface area (Å²) >= 11 is 5.08. The second kappa shape index (κ2) is 4.69. The molecule has 1 aromatic carbocycles. The third-order valence-corrected chi connectivity index (χ3v) is 4.50. The molecule has 2 heteroatoms. The Labute approximate surface area is 98.3 Å². The fourth-order valence-corrected chi connectivity index (χ4v) is 2.92. The van der Waals surface area contributed by atoms with E-state index in [4.69, 9.17) is 12.2 Å². The van der Waals surface area contributed by atoms with Crippen molar-refractivity contribution < 1.29 is 0 Å². The first-order valence-corrected chi connectivity index (χ1v) is 6.79. The van der Waals surface area contributed by atoms with E-state index in [9.17, 15) is 0 Å². The van der Waals surface area contributed by atoms with Crippen LogP contribution < -0.4 is 0 Å². The van der Waals surface area contributed by atoms with Gasteiger partial charge in [0, 0.05) is 14.6 Å². The summed E-state index contributed by atoms with van der Waals surface area (Å²) in [6.07, 6.45) is 10.5. The molecule has 0 aromatic heterocycles. The average Bonchev–Trinajstić information content (AvgIpc) is 2.30. The van der Waals surface area contributed by atoms with Crippen molar-refractivity contribution in [3.05, 3.63) is 54.6 Å². The molecule has 1 unspecified atom stereocenters. The largest absolute Gasteiger partial charge is 0.150 e. The fourth-order valence-electron chi connectivity index (χ4n) is 1.40. The van der Waals surface area contributed by atoms with Crippen molar-refractivity contribution in [3.63, 3.8) is 0 Å². The summed E-state index contributed by atoms with van der Waals surface area (Å²) in [7, 11) is 0.149. The van der Waals surface area contributed by atoms with Gasteiger partial charge in [0.2, 0.25) is 0 Å². The zero-order valence-corrected chi connectivity index (χ0v) is 10.1. The molecular weight excluding hydrogens is 220 g/mol. The Bertz CT molecular complexity index is 447. The molecule has 0 amide bonds. The number of benzene rings is 1. The molecule has 0 bridgehead atoms. The number of thiocarbonyl (C=S) groups is 1. The minimum atomic E-state index is 0.149. The van der Waals surface area contributed by atoms with Crippen molar-refractivity contribution in [3.8, 4) is 0 Å². The molecular formula is C13H12S2. The molecule has 0 radical (unpaired) electrons. The van der Waals surface area contributed by atoms with Crippen LogP contribution in [0.4, 0.5) is 0 Å². The van der Waals surface area contributed by atoms with E-state index in [1.54, 1.807) is 0 Å². The lowest BCUT2D eigenvalue weighted by Gasteiger charge is -2.09. The van der Waals surface area contributed by atoms with E-state index in [0.717, 1.165) is 4.86 Å². The smallest absolute Gasteiger partial charge is 0.0377 e. The van der Waals surface area contributed by atoms with Crippen LogP contribution >= 0.6 is 22.7 Å². The minimum absolute atomic E-state index is 0.149. The van der Waals surface area contributed by atoms with Crippen LogP contribution in [0.5, 0.6) is 0 Å². The highest BCUT2D eigenvalue weighted by Gasteiger charge is 2.01. The Morgan fingerprint density at radius 1 is 0.933 bits per heavy atom. The van der Waals surface area contributed by atoms with Gasteiger partial charge in [0.05, 0.1) is 0 Å². The van der Waals surface area contributed by atoms with Crippen LogP contribution in [0, 0.1) is 0 Å². The van der Waals surface area contributed by atoms with Gasteiger partial charge in [-0.3, -0.25) is 0 Å². The number of hydrogen-bond donors (Lipinski definition) is 0. The minimum Gasteiger partial charge on any atom is -0.150 e. The molecule has 15 heavy (non-hydrogen) atoms. The lowest BCUT2D eigenvalue weighted by molar-refractivity contribution is 1.47. The van der Waals surface area contributed by atoms with Crippen molar-refractivity contribution in [2.75, 3.05) is 6.26 Å². The Kier molecular flexibility index (Phi) is 3.29. The van der Waals surface area contributed by atoms with Crippen LogP contribution in [-0.2, 0) is 0 Å². The van der Waals surface area contributed by atoms with E-state index in [-0.39, 0.29) is 10.5 Å². The fraction of sp³-hybridized carbons (Fsp3) is 0.0769. The van der Waals surface area contributed by atoms with Crippen LogP contribution in [-0.4, -0.2) is 16.0 Å². The van der Waals surface area contributed by atoms with Gasteiger partial charge in [-0.05, 0) is 42.7 Å². The van der Waals surface area contributed by atoms with Gasteiger partial charge in [0.15, 0.2) is 0 Å². The predicted molar refractivity (Wildman–Crippen MR) is 74.1 cm³/mol. The zero-order valence-electron chi connectivity index (χ0n) is 8.51. The van der Waals surface area contributed by atoms with Crippen molar-refractivity contribution in [1.82, 2.24) is 0 Å². The van der Waals surface area contributed by atoms with E-state index >= 15 is 0 Å². The van der Waals surface area contributed by atoms with Crippen LogP contribution in [0.25, 0.3) is 0 Å². The monoisotopic (exact) mass is 232 g/mol. The lowest BCUT2D eigenvalue weighted by Crippen LogP contribution is -1.98. The SMILES string of the molecule is CS(=C1C=CC(=S)C=C1)c1ccccc1. The van der Waals surface area contributed by atoms with Gasteiger partial charge in [0.25, 0.3) is 0 Å². The molecule has 0 fully saturated rings. The number of allylic oxidation sites excluding steroid dienone is 4. The molecule has 0 saturated heterocycles. The van der Waals surface area contributed by atoms with Crippen molar-refractivity contribution in [2.45, 2.75) is 4.90 Å². The second-order valence-corrected chi connectivity index (χ2v) is 5.73. The number of hydrogen-bond acceptors (Lipinski definition) is 1. The molecule has 0 saturated carbocycles. The summed E-state index contributed by atoms with van der Waals surface area (Å²) < 4.78 is 0. The first-order valence-electron chi connectivity index (χ1n) is 4.75. The third-order valence-electron chi connectivity index (χ3n) is 2.27. The van der Waals surface area contributed by atoms with E-state index in [0.29, 0.717) is 0 Å². The molecule has 1 aliphatic rings. The third kappa shape index (κ3) is 2.52.